The Morgan fingerprint density at radius 2 is 1.86 bits per heavy atom. The normalized spacial score (nSPS) is 14.1. The van der Waals surface area contributed by atoms with Crippen molar-refractivity contribution in [2.75, 3.05) is 32.3 Å². The molecule has 0 heterocycles. The van der Waals surface area contributed by atoms with Crippen molar-refractivity contribution < 1.29 is 23.8 Å². The Morgan fingerprint density at radius 3 is 2.57 bits per heavy atom. The van der Waals surface area contributed by atoms with Crippen LogP contribution in [0.15, 0.2) is 48.2 Å². The molecule has 0 saturated heterocycles. The van der Waals surface area contributed by atoms with Gasteiger partial charge in [0, 0.05) is 24.3 Å². The van der Waals surface area contributed by atoms with E-state index in [4.69, 9.17) is 14.2 Å². The van der Waals surface area contributed by atoms with Crippen LogP contribution >= 0.6 is 0 Å². The molecule has 7 heteroatoms. The van der Waals surface area contributed by atoms with Gasteiger partial charge in [-0.15, -0.1) is 0 Å². The molecule has 0 bridgehead atoms. The molecule has 7 nitrogen and oxygen atoms in total. The van der Waals surface area contributed by atoms with Crippen LogP contribution in [0, 0.1) is 0 Å². The predicted molar refractivity (Wildman–Crippen MR) is 148 cm³/mol. The smallest absolute Gasteiger partial charge is 0.373 e. The number of hydrogen-bond donors (Lipinski definition) is 1. The molecule has 2 aromatic rings. The van der Waals surface area contributed by atoms with Crippen LogP contribution in [0.5, 0.6) is 5.75 Å². The number of esters is 1. The third-order valence-electron chi connectivity index (χ3n) is 6.53. The topological polar surface area (TPSA) is 77.1 Å². The number of ether oxygens (including phenoxy) is 3. The number of urea groups is 1. The summed E-state index contributed by atoms with van der Waals surface area (Å²) in [5.74, 6) is 0.320. The third kappa shape index (κ3) is 8.00. The summed E-state index contributed by atoms with van der Waals surface area (Å²) in [5, 5.41) is 3.18. The van der Waals surface area contributed by atoms with E-state index in [9.17, 15) is 9.59 Å². The molecule has 1 saturated carbocycles. The van der Waals surface area contributed by atoms with E-state index in [-0.39, 0.29) is 17.8 Å². The van der Waals surface area contributed by atoms with Crippen molar-refractivity contribution in [2.45, 2.75) is 64.8 Å². The molecule has 1 aliphatic carbocycles. The zero-order valence-corrected chi connectivity index (χ0v) is 22.5. The van der Waals surface area contributed by atoms with Crippen LogP contribution in [0.4, 0.5) is 10.5 Å². The minimum absolute atomic E-state index is 0.0878. The number of unbranched alkanes of at least 4 members (excludes halogenated alkanes) is 1. The largest absolute Gasteiger partial charge is 0.493 e. The van der Waals surface area contributed by atoms with Gasteiger partial charge in [0.25, 0.3) is 0 Å². The fraction of sp³-hybridized carbons (Fsp3) is 0.467. The van der Waals surface area contributed by atoms with Gasteiger partial charge in [-0.05, 0) is 61.6 Å². The van der Waals surface area contributed by atoms with Crippen molar-refractivity contribution in [3.63, 3.8) is 0 Å². The second kappa shape index (κ2) is 14.3. The molecule has 0 atom stereocenters. The molecule has 1 aliphatic rings. The molecule has 0 unspecified atom stereocenters. The summed E-state index contributed by atoms with van der Waals surface area (Å²) in [6, 6.07) is 13.8. The summed E-state index contributed by atoms with van der Waals surface area (Å²) in [4.78, 5) is 26.7. The van der Waals surface area contributed by atoms with Crippen molar-refractivity contribution in [3.8, 4) is 16.9 Å². The Bertz CT molecular complexity index is 1080. The minimum atomic E-state index is -0.526. The van der Waals surface area contributed by atoms with Crippen LogP contribution in [0.3, 0.4) is 0 Å². The Kier molecular flexibility index (Phi) is 10.9. The molecule has 1 fully saturated rings. The number of nitrogens with zero attached hydrogens (tertiary/aromatic N) is 1. The summed E-state index contributed by atoms with van der Waals surface area (Å²) in [5.41, 5.74) is 3.42. The number of amides is 2. The summed E-state index contributed by atoms with van der Waals surface area (Å²) in [7, 11) is 3.13. The van der Waals surface area contributed by atoms with E-state index >= 15 is 0 Å². The summed E-state index contributed by atoms with van der Waals surface area (Å²) < 4.78 is 16.5. The number of carbonyl (C=O) groups is 2. The van der Waals surface area contributed by atoms with Crippen LogP contribution in [-0.4, -0.2) is 45.4 Å². The second-order valence-electron chi connectivity index (χ2n) is 9.28. The SMILES string of the molecule is CCCCOc1cc(/C=C(\OCC)C(=O)OC)ccc1-c1cccc(N(C)C(=O)NC2CCCCC2)c1. The molecule has 0 aliphatic heterocycles. The lowest BCUT2D eigenvalue weighted by Crippen LogP contribution is -2.43. The molecule has 3 rings (SSSR count). The van der Waals surface area contributed by atoms with Gasteiger partial charge in [-0.25, -0.2) is 9.59 Å². The fourth-order valence-electron chi connectivity index (χ4n) is 4.40. The number of methoxy groups -OCH3 is 1. The first-order valence-corrected chi connectivity index (χ1v) is 13.3. The Hall–Kier alpha value is -3.48. The number of anilines is 1. The fourth-order valence-corrected chi connectivity index (χ4v) is 4.40. The molecule has 0 spiro atoms. The van der Waals surface area contributed by atoms with Gasteiger partial charge in [-0.2, -0.15) is 0 Å². The molecule has 0 aromatic heterocycles. The van der Waals surface area contributed by atoms with Gasteiger partial charge in [0.05, 0.1) is 20.3 Å². The molecular weight excluding hydrogens is 468 g/mol. The lowest BCUT2D eigenvalue weighted by atomic mass is 9.96. The van der Waals surface area contributed by atoms with Crippen molar-refractivity contribution in [2.24, 2.45) is 0 Å². The lowest BCUT2D eigenvalue weighted by Gasteiger charge is -2.26. The Morgan fingerprint density at radius 1 is 1.08 bits per heavy atom. The van der Waals surface area contributed by atoms with E-state index in [1.165, 1.54) is 26.4 Å². The van der Waals surface area contributed by atoms with Crippen molar-refractivity contribution in [1.82, 2.24) is 5.32 Å². The highest BCUT2D eigenvalue weighted by Gasteiger charge is 2.19. The molecule has 37 heavy (non-hydrogen) atoms. The van der Waals surface area contributed by atoms with Gasteiger partial charge in [0.1, 0.15) is 5.75 Å². The van der Waals surface area contributed by atoms with Crippen molar-refractivity contribution >= 4 is 23.8 Å². The van der Waals surface area contributed by atoms with Crippen LogP contribution in [0.2, 0.25) is 0 Å². The first-order valence-electron chi connectivity index (χ1n) is 13.3. The zero-order valence-electron chi connectivity index (χ0n) is 22.5. The van der Waals surface area contributed by atoms with Gasteiger partial charge in [-0.1, -0.05) is 56.9 Å². The van der Waals surface area contributed by atoms with Crippen LogP contribution in [0.25, 0.3) is 17.2 Å². The molecule has 0 radical (unpaired) electrons. The highest BCUT2D eigenvalue weighted by molar-refractivity contribution is 5.93. The van der Waals surface area contributed by atoms with Crippen molar-refractivity contribution in [3.05, 3.63) is 53.8 Å². The summed E-state index contributed by atoms with van der Waals surface area (Å²) >= 11 is 0. The van der Waals surface area contributed by atoms with Gasteiger partial charge in [-0.3, -0.25) is 4.90 Å². The third-order valence-corrected chi connectivity index (χ3v) is 6.53. The van der Waals surface area contributed by atoms with E-state index in [1.54, 1.807) is 18.0 Å². The van der Waals surface area contributed by atoms with E-state index in [2.05, 4.69) is 12.2 Å². The van der Waals surface area contributed by atoms with E-state index in [1.807, 2.05) is 49.4 Å². The van der Waals surface area contributed by atoms with Gasteiger partial charge in [0.15, 0.2) is 0 Å². The summed E-state index contributed by atoms with van der Waals surface area (Å²) in [6.07, 6.45) is 9.27. The molecular formula is C30H40N2O5. The number of nitrogens with one attached hydrogen (secondary N) is 1. The average molecular weight is 509 g/mol. The Balaban J connectivity index is 1.88. The van der Waals surface area contributed by atoms with Gasteiger partial charge >= 0.3 is 12.0 Å². The lowest BCUT2D eigenvalue weighted by molar-refractivity contribution is -0.139. The predicted octanol–water partition coefficient (Wildman–Crippen LogP) is 6.56. The molecule has 2 amide bonds. The summed E-state index contributed by atoms with van der Waals surface area (Å²) in [6.45, 7) is 4.87. The highest BCUT2D eigenvalue weighted by atomic mass is 16.6. The number of benzene rings is 2. The van der Waals surface area contributed by atoms with Gasteiger partial charge < -0.3 is 19.5 Å². The van der Waals surface area contributed by atoms with E-state index in [0.717, 1.165) is 48.1 Å². The number of hydrogen-bond acceptors (Lipinski definition) is 5. The van der Waals surface area contributed by atoms with Gasteiger partial charge in [0.2, 0.25) is 5.76 Å². The first kappa shape index (κ1) is 28.1. The molecule has 2 aromatic carbocycles. The number of carbonyl (C=O) groups excluding carboxylic acids is 2. The standard InChI is InChI=1S/C30H40N2O5/c1-5-7-18-37-27-19-22(20-28(36-6-2)29(33)35-4)16-17-26(27)23-12-11-15-25(21-23)32(3)30(34)31-24-13-9-8-10-14-24/h11-12,15-17,19-21,24H,5-10,13-14,18H2,1-4H3,(H,31,34)/b28-20-. The van der Waals surface area contributed by atoms with Crippen LogP contribution in [0.1, 0.15) is 64.4 Å². The first-order chi connectivity index (χ1) is 18.0. The highest BCUT2D eigenvalue weighted by Crippen LogP contribution is 2.34. The maximum atomic E-state index is 12.9. The quantitative estimate of drug-likeness (QED) is 0.161. The van der Waals surface area contributed by atoms with Crippen molar-refractivity contribution in [1.29, 1.82) is 0 Å². The second-order valence-corrected chi connectivity index (χ2v) is 9.28. The molecule has 200 valence electrons. The van der Waals surface area contributed by atoms with Crippen LogP contribution < -0.4 is 15.0 Å². The number of rotatable bonds is 11. The van der Waals surface area contributed by atoms with E-state index in [0.29, 0.717) is 19.0 Å². The van der Waals surface area contributed by atoms with Crippen LogP contribution in [-0.2, 0) is 14.3 Å². The molecule has 1 N–H and O–H groups in total. The van der Waals surface area contributed by atoms with E-state index < -0.39 is 5.97 Å². The average Bonchev–Trinajstić information content (AvgIpc) is 2.93. The zero-order chi connectivity index (χ0) is 26.6. The maximum absolute atomic E-state index is 12.9. The maximum Gasteiger partial charge on any atom is 0.373 e. The monoisotopic (exact) mass is 508 g/mol. The Labute approximate surface area is 220 Å². The minimum Gasteiger partial charge on any atom is -0.493 e.